The van der Waals surface area contributed by atoms with Crippen LogP contribution in [0.3, 0.4) is 0 Å². The highest BCUT2D eigenvalue weighted by Gasteiger charge is 2.08. The maximum atomic E-state index is 8.65. The summed E-state index contributed by atoms with van der Waals surface area (Å²) in [6.45, 7) is 2.05. The lowest BCUT2D eigenvalue weighted by Crippen LogP contribution is -2.11. The Kier molecular flexibility index (Phi) is 3.95. The van der Waals surface area contributed by atoms with Crippen molar-refractivity contribution < 1.29 is 9.47 Å². The van der Waals surface area contributed by atoms with Crippen molar-refractivity contribution in [1.82, 2.24) is 0 Å². The molecule has 0 saturated carbocycles. The van der Waals surface area contributed by atoms with Crippen molar-refractivity contribution in [2.75, 3.05) is 7.11 Å². The zero-order valence-corrected chi connectivity index (χ0v) is 8.86. The van der Waals surface area contributed by atoms with Gasteiger partial charge in [0.2, 0.25) is 0 Å². The molecule has 0 heterocycles. The van der Waals surface area contributed by atoms with E-state index in [4.69, 9.17) is 20.5 Å². The topological polar surface area (TPSA) is 68.3 Å². The van der Waals surface area contributed by atoms with Crippen LogP contribution in [0.15, 0.2) is 18.2 Å². The van der Waals surface area contributed by atoms with Crippen LogP contribution in [0.1, 0.15) is 12.5 Å². The third-order valence-corrected chi connectivity index (χ3v) is 1.98. The molecule has 2 N–H and O–H groups in total. The Labute approximate surface area is 89.2 Å². The van der Waals surface area contributed by atoms with Gasteiger partial charge in [-0.1, -0.05) is 6.07 Å². The van der Waals surface area contributed by atoms with Crippen LogP contribution in [-0.4, -0.2) is 13.2 Å². The normalized spacial score (nSPS) is 11.6. The summed E-state index contributed by atoms with van der Waals surface area (Å²) in [5.74, 6) is 1.29. The molecule has 1 unspecified atom stereocenters. The third kappa shape index (κ3) is 2.86. The summed E-state index contributed by atoms with van der Waals surface area (Å²) in [6.07, 6.45) is -0.498. The van der Waals surface area contributed by atoms with Crippen LogP contribution >= 0.6 is 0 Å². The summed E-state index contributed by atoms with van der Waals surface area (Å²) in [4.78, 5) is 0. The van der Waals surface area contributed by atoms with E-state index in [0.29, 0.717) is 18.0 Å². The fourth-order valence-corrected chi connectivity index (χ4v) is 1.16. The van der Waals surface area contributed by atoms with Gasteiger partial charge in [-0.25, -0.2) is 0 Å². The van der Waals surface area contributed by atoms with Crippen LogP contribution in [0.4, 0.5) is 0 Å². The number of nitrogens with two attached hydrogens (primary N) is 1. The van der Waals surface area contributed by atoms with Crippen LogP contribution in [0, 0.1) is 11.3 Å². The van der Waals surface area contributed by atoms with Gasteiger partial charge in [-0.05, 0) is 13.0 Å². The first-order valence-corrected chi connectivity index (χ1v) is 4.64. The molecule has 1 aromatic carbocycles. The van der Waals surface area contributed by atoms with Crippen molar-refractivity contribution in [3.63, 3.8) is 0 Å². The molecular formula is C11H14N2O2. The van der Waals surface area contributed by atoms with E-state index in [1.54, 1.807) is 20.1 Å². The number of hydrogen-bond donors (Lipinski definition) is 1. The minimum atomic E-state index is -0.498. The Morgan fingerprint density at radius 2 is 2.27 bits per heavy atom. The summed E-state index contributed by atoms with van der Waals surface area (Å²) < 4.78 is 10.5. The van der Waals surface area contributed by atoms with Gasteiger partial charge in [-0.2, -0.15) is 5.26 Å². The molecule has 0 saturated heterocycles. The largest absolute Gasteiger partial charge is 0.497 e. The van der Waals surface area contributed by atoms with Gasteiger partial charge >= 0.3 is 0 Å². The quantitative estimate of drug-likeness (QED) is 0.809. The molecule has 1 aromatic rings. The maximum Gasteiger partial charge on any atom is 0.181 e. The number of rotatable bonds is 4. The van der Waals surface area contributed by atoms with E-state index >= 15 is 0 Å². The Balaban J connectivity index is 2.97. The molecule has 4 heteroatoms. The highest BCUT2D eigenvalue weighted by Crippen LogP contribution is 2.25. The Bertz CT molecular complexity index is 371. The van der Waals surface area contributed by atoms with Crippen LogP contribution < -0.4 is 15.2 Å². The predicted molar refractivity (Wildman–Crippen MR) is 56.6 cm³/mol. The summed E-state index contributed by atoms with van der Waals surface area (Å²) in [7, 11) is 1.58. The van der Waals surface area contributed by atoms with Gasteiger partial charge < -0.3 is 15.2 Å². The van der Waals surface area contributed by atoms with Crippen molar-refractivity contribution in [2.24, 2.45) is 5.73 Å². The van der Waals surface area contributed by atoms with Crippen molar-refractivity contribution in [1.29, 1.82) is 5.26 Å². The predicted octanol–water partition coefficient (Wildman–Crippen LogP) is 1.44. The van der Waals surface area contributed by atoms with Gasteiger partial charge in [0.05, 0.1) is 7.11 Å². The Morgan fingerprint density at radius 1 is 1.53 bits per heavy atom. The molecule has 0 aliphatic carbocycles. The number of nitriles is 1. The van der Waals surface area contributed by atoms with E-state index < -0.39 is 6.10 Å². The van der Waals surface area contributed by atoms with Crippen LogP contribution in [0.2, 0.25) is 0 Å². The lowest BCUT2D eigenvalue weighted by molar-refractivity contribution is 0.272. The number of methoxy groups -OCH3 is 1. The van der Waals surface area contributed by atoms with Crippen molar-refractivity contribution in [3.05, 3.63) is 23.8 Å². The summed E-state index contributed by atoms with van der Waals surface area (Å²) in [5.41, 5.74) is 6.41. The molecule has 0 spiro atoms. The first kappa shape index (κ1) is 11.3. The van der Waals surface area contributed by atoms with E-state index in [0.717, 1.165) is 5.56 Å². The molecule has 4 nitrogen and oxygen atoms in total. The minimum Gasteiger partial charge on any atom is -0.497 e. The van der Waals surface area contributed by atoms with E-state index in [1.807, 2.05) is 18.2 Å². The first-order valence-electron chi connectivity index (χ1n) is 4.64. The SMILES string of the molecule is COc1ccc(CN)c(OC(C)C#N)c1. The molecule has 0 amide bonds. The van der Waals surface area contributed by atoms with Gasteiger partial charge in [0.15, 0.2) is 6.10 Å². The highest BCUT2D eigenvalue weighted by molar-refractivity contribution is 5.41. The molecule has 0 aromatic heterocycles. The maximum absolute atomic E-state index is 8.65. The van der Waals surface area contributed by atoms with Gasteiger partial charge in [0.25, 0.3) is 0 Å². The lowest BCUT2D eigenvalue weighted by atomic mass is 10.2. The average molecular weight is 206 g/mol. The standard InChI is InChI=1S/C11H14N2O2/c1-8(6-12)15-11-5-10(14-2)4-3-9(11)7-13/h3-5,8H,7,13H2,1-2H3. The molecule has 0 aliphatic rings. The molecule has 0 fully saturated rings. The fourth-order valence-electron chi connectivity index (χ4n) is 1.16. The second-order valence-corrected chi connectivity index (χ2v) is 3.07. The van der Waals surface area contributed by atoms with Gasteiger partial charge in [-0.15, -0.1) is 0 Å². The summed E-state index contributed by atoms with van der Waals surface area (Å²) in [6, 6.07) is 7.37. The number of hydrogen-bond acceptors (Lipinski definition) is 4. The molecular weight excluding hydrogens is 192 g/mol. The monoisotopic (exact) mass is 206 g/mol. The molecule has 80 valence electrons. The Morgan fingerprint density at radius 3 is 2.80 bits per heavy atom. The molecule has 0 bridgehead atoms. The van der Waals surface area contributed by atoms with Crippen molar-refractivity contribution in [3.8, 4) is 17.6 Å². The summed E-state index contributed by atoms with van der Waals surface area (Å²) >= 11 is 0. The van der Waals surface area contributed by atoms with E-state index in [-0.39, 0.29) is 0 Å². The van der Waals surface area contributed by atoms with Gasteiger partial charge in [-0.3, -0.25) is 0 Å². The van der Waals surface area contributed by atoms with Crippen LogP contribution in [0.5, 0.6) is 11.5 Å². The molecule has 0 aliphatic heterocycles. The molecule has 1 rings (SSSR count). The minimum absolute atomic E-state index is 0.372. The van der Waals surface area contributed by atoms with Gasteiger partial charge in [0, 0.05) is 18.2 Å². The highest BCUT2D eigenvalue weighted by atomic mass is 16.5. The van der Waals surface area contributed by atoms with Crippen LogP contribution in [-0.2, 0) is 6.54 Å². The molecule has 1 atom stereocenters. The van der Waals surface area contributed by atoms with Crippen molar-refractivity contribution >= 4 is 0 Å². The zero-order valence-electron chi connectivity index (χ0n) is 8.86. The Hall–Kier alpha value is -1.73. The average Bonchev–Trinajstić information content (AvgIpc) is 2.28. The number of benzene rings is 1. The van der Waals surface area contributed by atoms with E-state index in [1.165, 1.54) is 0 Å². The number of nitrogens with zero attached hydrogens (tertiary/aromatic N) is 1. The lowest BCUT2D eigenvalue weighted by Gasteiger charge is -2.12. The first-order chi connectivity index (χ1) is 7.21. The number of ether oxygens (including phenoxy) is 2. The van der Waals surface area contributed by atoms with E-state index in [2.05, 4.69) is 0 Å². The smallest absolute Gasteiger partial charge is 0.181 e. The molecule has 15 heavy (non-hydrogen) atoms. The van der Waals surface area contributed by atoms with Crippen LogP contribution in [0.25, 0.3) is 0 Å². The fraction of sp³-hybridized carbons (Fsp3) is 0.364. The van der Waals surface area contributed by atoms with Gasteiger partial charge in [0.1, 0.15) is 17.6 Å². The second-order valence-electron chi connectivity index (χ2n) is 3.07. The second kappa shape index (κ2) is 5.23. The summed E-state index contributed by atoms with van der Waals surface area (Å²) in [5, 5.41) is 8.65. The third-order valence-electron chi connectivity index (χ3n) is 1.98. The van der Waals surface area contributed by atoms with E-state index in [9.17, 15) is 0 Å². The zero-order chi connectivity index (χ0) is 11.3. The molecule has 0 radical (unpaired) electrons. The van der Waals surface area contributed by atoms with Crippen molar-refractivity contribution in [2.45, 2.75) is 19.6 Å².